The third kappa shape index (κ3) is 8.88. The predicted octanol–water partition coefficient (Wildman–Crippen LogP) is 7.73. The second kappa shape index (κ2) is 14.2. The summed E-state index contributed by atoms with van der Waals surface area (Å²) in [5.41, 5.74) is 0.519. The summed E-state index contributed by atoms with van der Waals surface area (Å²) >= 11 is 0. The molecule has 1 nitrogen and oxygen atoms in total. The van der Waals surface area contributed by atoms with Gasteiger partial charge in [-0.1, -0.05) is 91.9 Å². The van der Waals surface area contributed by atoms with Crippen molar-refractivity contribution in [3.05, 3.63) is 0 Å². The number of rotatable bonds is 17. The Hall–Kier alpha value is -0.0400. The SMILES string of the molecule is CCCCCCCCCCCCC(CC)(CCC)[N+](C)(C)CCC. The highest BCUT2D eigenvalue weighted by atomic mass is 15.4. The third-order valence-electron chi connectivity index (χ3n) is 6.44. The number of nitrogens with zero attached hydrogens (tertiary/aromatic N) is 1. The highest BCUT2D eigenvalue weighted by Gasteiger charge is 2.41. The van der Waals surface area contributed by atoms with E-state index in [1.807, 2.05) is 0 Å². The molecule has 0 heterocycles. The van der Waals surface area contributed by atoms with Gasteiger partial charge < -0.3 is 4.48 Å². The largest absolute Gasteiger partial charge is 0.324 e. The molecule has 0 saturated heterocycles. The molecule has 0 aliphatic rings. The summed E-state index contributed by atoms with van der Waals surface area (Å²) in [5, 5.41) is 0. The van der Waals surface area contributed by atoms with Crippen LogP contribution in [0.1, 0.15) is 124 Å². The molecule has 0 spiro atoms. The third-order valence-corrected chi connectivity index (χ3v) is 6.44. The van der Waals surface area contributed by atoms with Crippen LogP contribution < -0.4 is 0 Å². The van der Waals surface area contributed by atoms with Gasteiger partial charge in [-0.2, -0.15) is 0 Å². The van der Waals surface area contributed by atoms with Crippen molar-refractivity contribution < 1.29 is 4.48 Å². The molecule has 1 atom stereocenters. The van der Waals surface area contributed by atoms with E-state index in [-0.39, 0.29) is 0 Å². The minimum absolute atomic E-state index is 0.519. The van der Waals surface area contributed by atoms with Gasteiger partial charge in [0.15, 0.2) is 0 Å². The lowest BCUT2D eigenvalue weighted by atomic mass is 9.81. The molecule has 1 unspecified atom stereocenters. The molecule has 0 aliphatic heterocycles. The van der Waals surface area contributed by atoms with Gasteiger partial charge in [-0.15, -0.1) is 0 Å². The van der Waals surface area contributed by atoms with Crippen LogP contribution in [-0.2, 0) is 0 Å². The van der Waals surface area contributed by atoms with Crippen LogP contribution in [-0.4, -0.2) is 30.7 Å². The first kappa shape index (κ1) is 24.0. The van der Waals surface area contributed by atoms with Crippen molar-refractivity contribution >= 4 is 0 Å². The van der Waals surface area contributed by atoms with Crippen LogP contribution in [0.25, 0.3) is 0 Å². The maximum Gasteiger partial charge on any atom is 0.0985 e. The smallest absolute Gasteiger partial charge is 0.0985 e. The molecule has 0 rings (SSSR count). The molecule has 0 aromatic heterocycles. The Balaban J connectivity index is 4.07. The molecular formula is C23H50N+. The number of quaternary nitrogens is 1. The van der Waals surface area contributed by atoms with Crippen molar-refractivity contribution in [3.8, 4) is 0 Å². The molecule has 0 aliphatic carbocycles. The zero-order valence-electron chi connectivity index (χ0n) is 18.3. The van der Waals surface area contributed by atoms with Gasteiger partial charge >= 0.3 is 0 Å². The van der Waals surface area contributed by atoms with Crippen molar-refractivity contribution in [1.82, 2.24) is 0 Å². The van der Waals surface area contributed by atoms with Crippen LogP contribution in [0, 0.1) is 0 Å². The number of hydrogen-bond donors (Lipinski definition) is 0. The average Bonchev–Trinajstić information content (AvgIpc) is 2.55. The molecular weight excluding hydrogens is 290 g/mol. The minimum Gasteiger partial charge on any atom is -0.324 e. The Morgan fingerprint density at radius 1 is 0.542 bits per heavy atom. The summed E-state index contributed by atoms with van der Waals surface area (Å²) in [7, 11) is 4.97. The summed E-state index contributed by atoms with van der Waals surface area (Å²) in [6.07, 6.45) is 21.3. The average molecular weight is 341 g/mol. The van der Waals surface area contributed by atoms with Gasteiger partial charge in [-0.05, 0) is 19.3 Å². The Bertz CT molecular complexity index is 271. The maximum atomic E-state index is 2.49. The molecule has 0 bridgehead atoms. The van der Waals surface area contributed by atoms with E-state index >= 15 is 0 Å². The highest BCUT2D eigenvalue weighted by molar-refractivity contribution is 4.79. The first-order chi connectivity index (χ1) is 11.5. The minimum atomic E-state index is 0.519. The molecule has 0 N–H and O–H groups in total. The van der Waals surface area contributed by atoms with E-state index in [4.69, 9.17) is 0 Å². The zero-order chi connectivity index (χ0) is 18.3. The Kier molecular flexibility index (Phi) is 14.1. The van der Waals surface area contributed by atoms with Crippen molar-refractivity contribution in [3.63, 3.8) is 0 Å². The van der Waals surface area contributed by atoms with Gasteiger partial charge in [0.25, 0.3) is 0 Å². The summed E-state index contributed by atoms with van der Waals surface area (Å²) in [6.45, 7) is 10.8. The van der Waals surface area contributed by atoms with Crippen LogP contribution in [0.5, 0.6) is 0 Å². The van der Waals surface area contributed by atoms with Gasteiger partial charge in [-0.3, -0.25) is 0 Å². The highest BCUT2D eigenvalue weighted by Crippen LogP contribution is 2.35. The standard InChI is InChI=1S/C23H50N/c1-7-11-12-13-14-15-16-17-18-19-21-23(10-4,20-8-2)24(5,6)22-9-3/h7-22H2,1-6H3/q+1. The van der Waals surface area contributed by atoms with E-state index in [1.54, 1.807) is 0 Å². The Labute approximate surface area is 155 Å². The molecule has 0 amide bonds. The van der Waals surface area contributed by atoms with E-state index in [0.29, 0.717) is 5.54 Å². The Morgan fingerprint density at radius 2 is 1.04 bits per heavy atom. The van der Waals surface area contributed by atoms with E-state index in [0.717, 1.165) is 0 Å². The van der Waals surface area contributed by atoms with E-state index in [1.165, 1.54) is 107 Å². The quantitative estimate of drug-likeness (QED) is 0.188. The van der Waals surface area contributed by atoms with E-state index in [9.17, 15) is 0 Å². The van der Waals surface area contributed by atoms with Crippen molar-refractivity contribution in [2.24, 2.45) is 0 Å². The lowest BCUT2D eigenvalue weighted by molar-refractivity contribution is -0.943. The molecule has 24 heavy (non-hydrogen) atoms. The van der Waals surface area contributed by atoms with Crippen LogP contribution >= 0.6 is 0 Å². The summed E-state index contributed by atoms with van der Waals surface area (Å²) in [6, 6.07) is 0. The molecule has 1 heteroatoms. The monoisotopic (exact) mass is 340 g/mol. The van der Waals surface area contributed by atoms with Crippen molar-refractivity contribution in [1.29, 1.82) is 0 Å². The number of unbranched alkanes of at least 4 members (excludes halogenated alkanes) is 9. The molecule has 0 saturated carbocycles. The first-order valence-electron chi connectivity index (χ1n) is 11.3. The molecule has 146 valence electrons. The van der Waals surface area contributed by atoms with Gasteiger partial charge in [0.2, 0.25) is 0 Å². The second-order valence-corrected chi connectivity index (χ2v) is 8.67. The first-order valence-corrected chi connectivity index (χ1v) is 11.3. The second-order valence-electron chi connectivity index (χ2n) is 8.67. The van der Waals surface area contributed by atoms with Gasteiger partial charge in [0.05, 0.1) is 26.2 Å². The van der Waals surface area contributed by atoms with Gasteiger partial charge in [0.1, 0.15) is 0 Å². The fourth-order valence-corrected chi connectivity index (χ4v) is 4.71. The maximum absolute atomic E-state index is 2.49. The zero-order valence-corrected chi connectivity index (χ0v) is 18.3. The van der Waals surface area contributed by atoms with Crippen molar-refractivity contribution in [2.45, 2.75) is 130 Å². The Morgan fingerprint density at radius 3 is 1.46 bits per heavy atom. The van der Waals surface area contributed by atoms with Crippen LogP contribution in [0.4, 0.5) is 0 Å². The molecule has 0 aromatic rings. The van der Waals surface area contributed by atoms with Crippen LogP contribution in [0.15, 0.2) is 0 Å². The topological polar surface area (TPSA) is 0 Å². The molecule has 0 aromatic carbocycles. The van der Waals surface area contributed by atoms with Gasteiger partial charge in [-0.25, -0.2) is 0 Å². The summed E-state index contributed by atoms with van der Waals surface area (Å²) in [5.74, 6) is 0. The fourth-order valence-electron chi connectivity index (χ4n) is 4.71. The lowest BCUT2D eigenvalue weighted by Gasteiger charge is -2.49. The molecule has 0 radical (unpaired) electrons. The molecule has 0 fully saturated rings. The van der Waals surface area contributed by atoms with E-state index in [2.05, 4.69) is 41.8 Å². The lowest BCUT2D eigenvalue weighted by Crippen LogP contribution is -2.59. The summed E-state index contributed by atoms with van der Waals surface area (Å²) in [4.78, 5) is 0. The summed E-state index contributed by atoms with van der Waals surface area (Å²) < 4.78 is 1.23. The van der Waals surface area contributed by atoms with Crippen LogP contribution in [0.2, 0.25) is 0 Å². The van der Waals surface area contributed by atoms with E-state index < -0.39 is 0 Å². The van der Waals surface area contributed by atoms with Gasteiger partial charge in [0, 0.05) is 12.8 Å². The predicted molar refractivity (Wildman–Crippen MR) is 112 cm³/mol. The van der Waals surface area contributed by atoms with Crippen LogP contribution in [0.3, 0.4) is 0 Å². The normalized spacial score (nSPS) is 14.8. The number of hydrogen-bond acceptors (Lipinski definition) is 0. The van der Waals surface area contributed by atoms with Crippen molar-refractivity contribution in [2.75, 3.05) is 20.6 Å². The fraction of sp³-hybridized carbons (Fsp3) is 1.00.